The second-order valence-electron chi connectivity index (χ2n) is 6.45. The minimum atomic E-state index is -0.202. The molecule has 1 N–H and O–H groups in total. The molecule has 0 aromatic heterocycles. The first-order valence-corrected chi connectivity index (χ1v) is 9.56. The van der Waals surface area contributed by atoms with Gasteiger partial charge in [-0.1, -0.05) is 61.9 Å². The van der Waals surface area contributed by atoms with E-state index < -0.39 is 0 Å². The maximum absolute atomic E-state index is 12.7. The Morgan fingerprint density at radius 3 is 2.50 bits per heavy atom. The average molecular weight is 375 g/mol. The Labute approximate surface area is 166 Å². The van der Waals surface area contributed by atoms with Gasteiger partial charge in [0.2, 0.25) is 0 Å². The maximum atomic E-state index is 12.7. The number of anilines is 1. The molecular formula is C24H25NO3. The van der Waals surface area contributed by atoms with Crippen LogP contribution in [-0.2, 0) is 6.61 Å². The summed E-state index contributed by atoms with van der Waals surface area (Å²) in [4.78, 5) is 12.7. The highest BCUT2D eigenvalue weighted by atomic mass is 16.5. The predicted octanol–water partition coefficient (Wildman–Crippen LogP) is 5.70. The van der Waals surface area contributed by atoms with Crippen LogP contribution in [0.15, 0.2) is 78.9 Å². The predicted molar refractivity (Wildman–Crippen MR) is 112 cm³/mol. The molecule has 3 aromatic carbocycles. The van der Waals surface area contributed by atoms with Crippen molar-refractivity contribution in [2.45, 2.75) is 26.4 Å². The van der Waals surface area contributed by atoms with E-state index in [9.17, 15) is 4.79 Å². The number of benzene rings is 3. The third kappa shape index (κ3) is 5.61. The van der Waals surface area contributed by atoms with Gasteiger partial charge >= 0.3 is 0 Å². The molecule has 0 heterocycles. The highest BCUT2D eigenvalue weighted by Crippen LogP contribution is 2.22. The fraction of sp³-hybridized carbons (Fsp3) is 0.208. The first-order chi connectivity index (χ1) is 13.8. The molecule has 0 radical (unpaired) electrons. The van der Waals surface area contributed by atoms with Crippen molar-refractivity contribution in [1.29, 1.82) is 0 Å². The Morgan fingerprint density at radius 1 is 0.893 bits per heavy atom. The van der Waals surface area contributed by atoms with Crippen LogP contribution in [-0.4, -0.2) is 12.5 Å². The molecule has 1 amide bonds. The van der Waals surface area contributed by atoms with E-state index in [1.165, 1.54) is 0 Å². The van der Waals surface area contributed by atoms with E-state index in [0.29, 0.717) is 36.0 Å². The summed E-state index contributed by atoms with van der Waals surface area (Å²) in [5, 5.41) is 2.93. The number of hydrogen-bond donors (Lipinski definition) is 1. The zero-order chi connectivity index (χ0) is 19.6. The van der Waals surface area contributed by atoms with E-state index in [1.54, 1.807) is 6.07 Å². The quantitative estimate of drug-likeness (QED) is 0.488. The summed E-state index contributed by atoms with van der Waals surface area (Å²) in [7, 11) is 0. The number of rotatable bonds is 9. The Kier molecular flexibility index (Phi) is 7.08. The molecule has 0 unspecified atom stereocenters. The summed E-state index contributed by atoms with van der Waals surface area (Å²) in [5.74, 6) is 1.10. The van der Waals surface area contributed by atoms with Crippen LogP contribution in [0.2, 0.25) is 0 Å². The van der Waals surface area contributed by atoms with Crippen LogP contribution in [0.25, 0.3) is 0 Å². The van der Waals surface area contributed by atoms with E-state index in [1.807, 2.05) is 72.8 Å². The van der Waals surface area contributed by atoms with Crippen molar-refractivity contribution in [2.75, 3.05) is 11.9 Å². The molecule has 4 nitrogen and oxygen atoms in total. The SMILES string of the molecule is CCCCOc1ccccc1C(=O)Nc1cccc(OCc2ccccc2)c1. The number of amides is 1. The van der Waals surface area contributed by atoms with Crippen molar-refractivity contribution in [3.8, 4) is 11.5 Å². The van der Waals surface area contributed by atoms with Gasteiger partial charge in [0.15, 0.2) is 0 Å². The van der Waals surface area contributed by atoms with Crippen LogP contribution in [0.1, 0.15) is 35.7 Å². The number of ether oxygens (including phenoxy) is 2. The molecule has 0 aliphatic rings. The van der Waals surface area contributed by atoms with Gasteiger partial charge in [0, 0.05) is 11.8 Å². The lowest BCUT2D eigenvalue weighted by molar-refractivity contribution is 0.102. The Bertz CT molecular complexity index is 893. The van der Waals surface area contributed by atoms with Gasteiger partial charge in [0.05, 0.1) is 12.2 Å². The van der Waals surface area contributed by atoms with Crippen molar-refractivity contribution >= 4 is 11.6 Å². The lowest BCUT2D eigenvalue weighted by Gasteiger charge is -2.12. The molecule has 0 fully saturated rings. The number of carbonyl (C=O) groups excluding carboxylic acids is 1. The second kappa shape index (κ2) is 10.2. The van der Waals surface area contributed by atoms with Gasteiger partial charge in [-0.25, -0.2) is 0 Å². The molecule has 3 rings (SSSR count). The van der Waals surface area contributed by atoms with Gasteiger partial charge in [-0.3, -0.25) is 4.79 Å². The van der Waals surface area contributed by atoms with Gasteiger partial charge < -0.3 is 14.8 Å². The molecule has 0 saturated heterocycles. The molecule has 0 aliphatic heterocycles. The number of hydrogen-bond acceptors (Lipinski definition) is 3. The van der Waals surface area contributed by atoms with E-state index in [2.05, 4.69) is 12.2 Å². The largest absolute Gasteiger partial charge is 0.493 e. The maximum Gasteiger partial charge on any atom is 0.259 e. The van der Waals surface area contributed by atoms with Crippen molar-refractivity contribution < 1.29 is 14.3 Å². The summed E-state index contributed by atoms with van der Waals surface area (Å²) in [6, 6.07) is 24.7. The summed E-state index contributed by atoms with van der Waals surface area (Å²) < 4.78 is 11.6. The zero-order valence-electron chi connectivity index (χ0n) is 16.1. The smallest absolute Gasteiger partial charge is 0.259 e. The fourth-order valence-electron chi connectivity index (χ4n) is 2.71. The first kappa shape index (κ1) is 19.5. The molecule has 0 bridgehead atoms. The topological polar surface area (TPSA) is 47.6 Å². The molecule has 0 saturated carbocycles. The number of unbranched alkanes of at least 4 members (excludes halogenated alkanes) is 1. The van der Waals surface area contributed by atoms with Gasteiger partial charge in [0.25, 0.3) is 5.91 Å². The van der Waals surface area contributed by atoms with Crippen LogP contribution in [0, 0.1) is 0 Å². The summed E-state index contributed by atoms with van der Waals surface area (Å²) in [6.07, 6.45) is 2.00. The third-order valence-electron chi connectivity index (χ3n) is 4.23. The lowest BCUT2D eigenvalue weighted by Crippen LogP contribution is -2.14. The van der Waals surface area contributed by atoms with Crippen LogP contribution < -0.4 is 14.8 Å². The summed E-state index contributed by atoms with van der Waals surface area (Å²) in [6.45, 7) is 3.19. The van der Waals surface area contributed by atoms with Crippen molar-refractivity contribution in [3.63, 3.8) is 0 Å². The number of carbonyl (C=O) groups is 1. The number of nitrogens with one attached hydrogen (secondary N) is 1. The molecule has 0 atom stereocenters. The van der Waals surface area contributed by atoms with Crippen molar-refractivity contribution in [2.24, 2.45) is 0 Å². The number of para-hydroxylation sites is 1. The molecule has 0 aliphatic carbocycles. The van der Waals surface area contributed by atoms with Crippen molar-refractivity contribution in [1.82, 2.24) is 0 Å². The third-order valence-corrected chi connectivity index (χ3v) is 4.23. The van der Waals surface area contributed by atoms with Crippen LogP contribution in [0.3, 0.4) is 0 Å². The standard InChI is InChI=1S/C24H25NO3/c1-2-3-16-27-23-15-8-7-14-22(23)24(26)25-20-12-9-13-21(17-20)28-18-19-10-5-4-6-11-19/h4-15,17H,2-3,16,18H2,1H3,(H,25,26). The summed E-state index contributed by atoms with van der Waals surface area (Å²) in [5.41, 5.74) is 2.29. The minimum absolute atomic E-state index is 0.202. The molecule has 144 valence electrons. The van der Waals surface area contributed by atoms with Crippen LogP contribution in [0.5, 0.6) is 11.5 Å². The highest BCUT2D eigenvalue weighted by molar-refractivity contribution is 6.06. The zero-order valence-corrected chi connectivity index (χ0v) is 16.1. The van der Waals surface area contributed by atoms with E-state index in [4.69, 9.17) is 9.47 Å². The van der Waals surface area contributed by atoms with E-state index in [-0.39, 0.29) is 5.91 Å². The molecular weight excluding hydrogens is 350 g/mol. The molecule has 3 aromatic rings. The molecule has 4 heteroatoms. The monoisotopic (exact) mass is 375 g/mol. The first-order valence-electron chi connectivity index (χ1n) is 9.56. The van der Waals surface area contributed by atoms with E-state index in [0.717, 1.165) is 18.4 Å². The molecule has 28 heavy (non-hydrogen) atoms. The Balaban J connectivity index is 1.64. The summed E-state index contributed by atoms with van der Waals surface area (Å²) >= 11 is 0. The second-order valence-corrected chi connectivity index (χ2v) is 6.45. The highest BCUT2D eigenvalue weighted by Gasteiger charge is 2.12. The average Bonchev–Trinajstić information content (AvgIpc) is 2.74. The van der Waals surface area contributed by atoms with Crippen LogP contribution >= 0.6 is 0 Å². The van der Waals surface area contributed by atoms with Gasteiger partial charge in [-0.05, 0) is 36.2 Å². The Hall–Kier alpha value is -3.27. The Morgan fingerprint density at radius 2 is 1.68 bits per heavy atom. The molecule has 0 spiro atoms. The minimum Gasteiger partial charge on any atom is -0.493 e. The fourth-order valence-corrected chi connectivity index (χ4v) is 2.71. The van der Waals surface area contributed by atoms with Crippen LogP contribution in [0.4, 0.5) is 5.69 Å². The van der Waals surface area contributed by atoms with Crippen molar-refractivity contribution in [3.05, 3.63) is 90.0 Å². The lowest BCUT2D eigenvalue weighted by atomic mass is 10.1. The van der Waals surface area contributed by atoms with Gasteiger partial charge in [0.1, 0.15) is 18.1 Å². The van der Waals surface area contributed by atoms with Gasteiger partial charge in [-0.2, -0.15) is 0 Å². The van der Waals surface area contributed by atoms with E-state index >= 15 is 0 Å². The normalized spacial score (nSPS) is 10.3. The van der Waals surface area contributed by atoms with Gasteiger partial charge in [-0.15, -0.1) is 0 Å².